The fraction of sp³-hybridized carbons (Fsp3) is 0.651. The van der Waals surface area contributed by atoms with Crippen molar-refractivity contribution in [3.8, 4) is 0 Å². The van der Waals surface area contributed by atoms with Crippen molar-refractivity contribution in [1.82, 2.24) is 15.1 Å². The van der Waals surface area contributed by atoms with Crippen molar-refractivity contribution in [2.45, 2.75) is 118 Å². The van der Waals surface area contributed by atoms with Gasteiger partial charge in [0.1, 0.15) is 0 Å². The van der Waals surface area contributed by atoms with Crippen LogP contribution in [0.3, 0.4) is 0 Å². The predicted molar refractivity (Wildman–Crippen MR) is 229 cm³/mol. The van der Waals surface area contributed by atoms with Gasteiger partial charge in [-0.2, -0.15) is 13.5 Å². The van der Waals surface area contributed by atoms with Gasteiger partial charge in [-0.1, -0.05) is 109 Å². The highest BCUT2D eigenvalue weighted by Crippen LogP contribution is 2.72. The molecule has 298 valence electrons. The number of halogens is 1. The van der Waals surface area contributed by atoms with Crippen LogP contribution in [-0.2, 0) is 30.0 Å². The molecule has 2 atom stereocenters. The Bertz CT molecular complexity index is 1790. The zero-order chi connectivity index (χ0) is 39.1. The number of nitrogens with one attached hydrogen (secondary N) is 1. The summed E-state index contributed by atoms with van der Waals surface area (Å²) in [5.41, 5.74) is 1.48. The van der Waals surface area contributed by atoms with E-state index in [-0.39, 0.29) is 39.2 Å². The second-order valence-electron chi connectivity index (χ2n) is 19.6. The second-order valence-corrected chi connectivity index (χ2v) is 26.9. The molecule has 1 aromatic heterocycles. The number of nitrogens with zero attached hydrogens (tertiary/aromatic N) is 2. The summed E-state index contributed by atoms with van der Waals surface area (Å²) in [5.74, 6) is -0.0753. The Hall–Kier alpha value is -1.61. The average molecular weight is 890 g/mol. The Morgan fingerprint density at radius 3 is 1.98 bits per heavy atom. The lowest BCUT2D eigenvalue weighted by Gasteiger charge is -2.69. The zero-order valence-corrected chi connectivity index (χ0v) is 37.9. The summed E-state index contributed by atoms with van der Waals surface area (Å²) < 4.78 is 49.1. The van der Waals surface area contributed by atoms with Crippen molar-refractivity contribution in [2.24, 2.45) is 21.7 Å². The van der Waals surface area contributed by atoms with Crippen LogP contribution in [0.15, 0.2) is 66.9 Å². The maximum absolute atomic E-state index is 13.0. The summed E-state index contributed by atoms with van der Waals surface area (Å²) in [5, 5.41) is 10.4. The molecular formula is C43H64IN3O5SSi. The molecule has 4 aliphatic carbocycles. The summed E-state index contributed by atoms with van der Waals surface area (Å²) in [6.07, 6.45) is 9.67. The normalized spacial score (nSPS) is 27.1. The second kappa shape index (κ2) is 15.6. The number of hydrogen-bond acceptors (Lipinski definition) is 7. The Morgan fingerprint density at radius 2 is 1.44 bits per heavy atom. The monoisotopic (exact) mass is 889 g/mol. The smallest absolute Gasteiger partial charge is 0.268 e. The SMILES string of the molecule is Cc1c(I)cnn1CC12CC3(C)CC(C)(C1)CC(OCCNCCS(=O)(=O)OCC(C)(C)CCO[Si](c1ccccc1)(c1ccccc1)C(C)(C)C)(C3)C2. The van der Waals surface area contributed by atoms with Gasteiger partial charge in [-0.15, -0.1) is 0 Å². The fourth-order valence-corrected chi connectivity index (χ4v) is 17.3. The van der Waals surface area contributed by atoms with Gasteiger partial charge in [0, 0.05) is 31.9 Å². The van der Waals surface area contributed by atoms with E-state index in [1.54, 1.807) is 0 Å². The lowest BCUT2D eigenvalue weighted by molar-refractivity contribution is -0.247. The minimum Gasteiger partial charge on any atom is -0.407 e. The Balaban J connectivity index is 0.973. The molecule has 0 amide bonds. The number of aromatic nitrogens is 2. The van der Waals surface area contributed by atoms with Gasteiger partial charge in [-0.3, -0.25) is 8.86 Å². The molecule has 0 saturated heterocycles. The molecule has 4 bridgehead atoms. The highest BCUT2D eigenvalue weighted by molar-refractivity contribution is 14.1. The Labute approximate surface area is 340 Å². The first-order chi connectivity index (χ1) is 25.2. The summed E-state index contributed by atoms with van der Waals surface area (Å²) in [4.78, 5) is 0. The third kappa shape index (κ3) is 9.23. The molecule has 3 aromatic rings. The molecule has 1 heterocycles. The lowest BCUT2D eigenvalue weighted by Crippen LogP contribution is -2.66. The Kier molecular flexibility index (Phi) is 12.2. The van der Waals surface area contributed by atoms with Crippen molar-refractivity contribution in [2.75, 3.05) is 38.7 Å². The van der Waals surface area contributed by atoms with Crippen molar-refractivity contribution >= 4 is 51.4 Å². The molecule has 0 aliphatic heterocycles. The minimum absolute atomic E-state index is 0.0753. The quantitative estimate of drug-likeness (QED) is 0.0603. The van der Waals surface area contributed by atoms with E-state index < -0.39 is 23.9 Å². The van der Waals surface area contributed by atoms with E-state index in [4.69, 9.17) is 18.4 Å². The van der Waals surface area contributed by atoms with E-state index in [2.05, 4.69) is 137 Å². The van der Waals surface area contributed by atoms with Crippen LogP contribution in [-0.4, -0.2) is 70.8 Å². The lowest BCUT2D eigenvalue weighted by atomic mass is 9.39. The maximum Gasteiger partial charge on any atom is 0.268 e. The predicted octanol–water partition coefficient (Wildman–Crippen LogP) is 7.86. The molecule has 8 nitrogen and oxygen atoms in total. The number of benzene rings is 2. The zero-order valence-electron chi connectivity index (χ0n) is 34.0. The number of ether oxygens (including phenoxy) is 1. The number of rotatable bonds is 18. The van der Waals surface area contributed by atoms with Gasteiger partial charge < -0.3 is 14.5 Å². The number of hydrogen-bond donors (Lipinski definition) is 1. The van der Waals surface area contributed by atoms with Crippen LogP contribution < -0.4 is 15.7 Å². The van der Waals surface area contributed by atoms with E-state index >= 15 is 0 Å². The minimum atomic E-state index is -3.70. The largest absolute Gasteiger partial charge is 0.407 e. The third-order valence-corrected chi connectivity index (χ3v) is 19.8. The van der Waals surface area contributed by atoms with Crippen LogP contribution in [0.25, 0.3) is 0 Å². The van der Waals surface area contributed by atoms with Gasteiger partial charge >= 0.3 is 0 Å². The first-order valence-corrected chi connectivity index (χ1v) is 24.4. The van der Waals surface area contributed by atoms with Crippen molar-refractivity contribution in [3.63, 3.8) is 0 Å². The molecular weight excluding hydrogens is 826 g/mol. The van der Waals surface area contributed by atoms with E-state index in [0.29, 0.717) is 32.7 Å². The molecule has 0 radical (unpaired) electrons. The molecule has 4 saturated carbocycles. The van der Waals surface area contributed by atoms with E-state index in [0.717, 1.165) is 25.8 Å². The molecule has 7 rings (SSSR count). The first-order valence-electron chi connectivity index (χ1n) is 19.9. The van der Waals surface area contributed by atoms with E-state index in [1.165, 1.54) is 38.9 Å². The first kappa shape index (κ1) is 42.0. The van der Waals surface area contributed by atoms with Gasteiger partial charge in [0.05, 0.1) is 34.3 Å². The van der Waals surface area contributed by atoms with E-state index in [1.807, 2.05) is 18.3 Å². The van der Waals surface area contributed by atoms with Crippen LogP contribution in [0.1, 0.15) is 99.1 Å². The molecule has 4 aliphatic rings. The van der Waals surface area contributed by atoms with E-state index in [9.17, 15) is 8.42 Å². The molecule has 2 unspecified atom stereocenters. The van der Waals surface area contributed by atoms with Crippen LogP contribution in [0.2, 0.25) is 5.04 Å². The summed E-state index contributed by atoms with van der Waals surface area (Å²) in [6, 6.07) is 21.2. The highest BCUT2D eigenvalue weighted by Gasteiger charge is 2.66. The summed E-state index contributed by atoms with van der Waals surface area (Å²) in [7, 11) is -6.37. The fourth-order valence-electron chi connectivity index (χ4n) is 11.3. The Morgan fingerprint density at radius 1 is 0.852 bits per heavy atom. The summed E-state index contributed by atoms with van der Waals surface area (Å²) >= 11 is 2.39. The van der Waals surface area contributed by atoms with Crippen LogP contribution >= 0.6 is 22.6 Å². The van der Waals surface area contributed by atoms with Crippen LogP contribution in [0, 0.1) is 32.2 Å². The van der Waals surface area contributed by atoms with Crippen molar-refractivity contribution in [1.29, 1.82) is 0 Å². The topological polar surface area (TPSA) is 91.7 Å². The molecule has 0 spiro atoms. The van der Waals surface area contributed by atoms with Crippen molar-refractivity contribution < 1.29 is 21.8 Å². The molecule has 4 fully saturated rings. The van der Waals surface area contributed by atoms with Crippen LogP contribution in [0.5, 0.6) is 0 Å². The summed E-state index contributed by atoms with van der Waals surface area (Å²) in [6.45, 7) is 21.1. The highest BCUT2D eigenvalue weighted by atomic mass is 127. The molecule has 2 aromatic carbocycles. The third-order valence-electron chi connectivity index (χ3n) is 12.5. The molecule has 11 heteroatoms. The van der Waals surface area contributed by atoms with Gasteiger partial charge in [0.15, 0.2) is 0 Å². The maximum atomic E-state index is 13.0. The van der Waals surface area contributed by atoms with Crippen molar-refractivity contribution in [3.05, 3.63) is 76.1 Å². The van der Waals surface area contributed by atoms with Gasteiger partial charge in [0.2, 0.25) is 0 Å². The average Bonchev–Trinajstić information content (AvgIpc) is 3.38. The van der Waals surface area contributed by atoms with Crippen LogP contribution in [0.4, 0.5) is 0 Å². The van der Waals surface area contributed by atoms with Gasteiger partial charge in [-0.05, 0) is 112 Å². The van der Waals surface area contributed by atoms with Gasteiger partial charge in [0.25, 0.3) is 18.4 Å². The van der Waals surface area contributed by atoms with Gasteiger partial charge in [-0.25, -0.2) is 0 Å². The molecule has 54 heavy (non-hydrogen) atoms. The molecule has 1 N–H and O–H groups in total. The standard InChI is InChI=1S/C43H64IN3O5SSi/c1-34-37(44)25-46-47(34)32-42-27-40(7)26-41(8,28-42)30-43(29-40,31-42)50-23-20-45-21-24-53(48,49)51-33-39(5,6)19-22-52-54(38(2,3)4,35-15-11-9-12-16-35)36-17-13-10-14-18-36/h9-18,25,45H,19-24,26-33H2,1-8H3.